The van der Waals surface area contributed by atoms with Crippen molar-refractivity contribution in [3.05, 3.63) is 12.4 Å². The largest absolute Gasteiger partial charge is 0.465 e. The van der Waals surface area contributed by atoms with Crippen molar-refractivity contribution in [2.75, 3.05) is 13.2 Å². The van der Waals surface area contributed by atoms with Crippen LogP contribution in [0, 0.1) is 0 Å². The van der Waals surface area contributed by atoms with Gasteiger partial charge in [-0.25, -0.2) is 4.98 Å². The highest BCUT2D eigenvalue weighted by Crippen LogP contribution is 2.23. The summed E-state index contributed by atoms with van der Waals surface area (Å²) >= 11 is 1.02. The summed E-state index contributed by atoms with van der Waals surface area (Å²) in [7, 11) is 1.78. The van der Waals surface area contributed by atoms with E-state index in [1.807, 2.05) is 0 Å². The Balaban J connectivity index is 2.80. The van der Waals surface area contributed by atoms with Crippen LogP contribution in [0.4, 0.5) is 0 Å². The summed E-state index contributed by atoms with van der Waals surface area (Å²) in [6.45, 7) is 3.81. The lowest BCUT2D eigenvalue weighted by atomic mass is 10.4. The SMILES string of the molecule is CCOC(=O)C(Sc1nccn1C)C(=O)OCC. The monoisotopic (exact) mass is 272 g/mol. The molecule has 0 spiro atoms. The zero-order valence-corrected chi connectivity index (χ0v) is 11.4. The number of imidazole rings is 1. The molecule has 1 aromatic heterocycles. The minimum absolute atomic E-state index is 0.218. The molecule has 7 heteroatoms. The molecule has 0 unspecified atom stereocenters. The second-order valence-electron chi connectivity index (χ2n) is 3.32. The van der Waals surface area contributed by atoms with Crippen LogP contribution in [0.2, 0.25) is 0 Å². The molecule has 0 aliphatic rings. The topological polar surface area (TPSA) is 70.4 Å². The van der Waals surface area contributed by atoms with Crippen LogP contribution in [0.1, 0.15) is 13.8 Å². The van der Waals surface area contributed by atoms with Gasteiger partial charge in [0.25, 0.3) is 0 Å². The van der Waals surface area contributed by atoms with Gasteiger partial charge in [-0.1, -0.05) is 11.8 Å². The highest BCUT2D eigenvalue weighted by Gasteiger charge is 2.32. The molecule has 0 amide bonds. The highest BCUT2D eigenvalue weighted by atomic mass is 32.2. The Labute approximate surface area is 110 Å². The standard InChI is InChI=1S/C11H16N2O4S/c1-4-16-9(14)8(10(15)17-5-2)18-11-12-6-7-13(11)3/h6-8H,4-5H2,1-3H3. The van der Waals surface area contributed by atoms with Crippen molar-refractivity contribution in [2.45, 2.75) is 24.3 Å². The quantitative estimate of drug-likeness (QED) is 0.437. The number of nitrogens with zero attached hydrogens (tertiary/aromatic N) is 2. The van der Waals surface area contributed by atoms with Gasteiger partial charge in [-0.15, -0.1) is 0 Å². The van der Waals surface area contributed by atoms with E-state index < -0.39 is 17.2 Å². The van der Waals surface area contributed by atoms with Crippen molar-refractivity contribution in [2.24, 2.45) is 7.05 Å². The molecule has 0 fully saturated rings. The van der Waals surface area contributed by atoms with E-state index in [4.69, 9.17) is 9.47 Å². The fraction of sp³-hybridized carbons (Fsp3) is 0.545. The average Bonchev–Trinajstić information content (AvgIpc) is 2.72. The lowest BCUT2D eigenvalue weighted by Crippen LogP contribution is -2.31. The minimum Gasteiger partial charge on any atom is -0.465 e. The number of aromatic nitrogens is 2. The van der Waals surface area contributed by atoms with Crippen molar-refractivity contribution in [1.29, 1.82) is 0 Å². The van der Waals surface area contributed by atoms with Gasteiger partial charge in [-0.2, -0.15) is 0 Å². The molecule has 1 aromatic rings. The summed E-state index contributed by atoms with van der Waals surface area (Å²) in [4.78, 5) is 27.5. The Morgan fingerprint density at radius 2 is 1.89 bits per heavy atom. The van der Waals surface area contributed by atoms with E-state index in [0.29, 0.717) is 5.16 Å². The van der Waals surface area contributed by atoms with Crippen molar-refractivity contribution >= 4 is 23.7 Å². The fourth-order valence-electron chi connectivity index (χ4n) is 1.20. The molecule has 100 valence electrons. The second kappa shape index (κ2) is 7.05. The maximum Gasteiger partial charge on any atom is 0.331 e. The molecular weight excluding hydrogens is 256 g/mol. The lowest BCUT2D eigenvalue weighted by Gasteiger charge is -2.13. The maximum absolute atomic E-state index is 11.7. The van der Waals surface area contributed by atoms with Crippen LogP contribution >= 0.6 is 11.8 Å². The molecule has 0 aliphatic heterocycles. The molecule has 0 N–H and O–H groups in total. The molecular formula is C11H16N2O4S. The van der Waals surface area contributed by atoms with Gasteiger partial charge < -0.3 is 14.0 Å². The number of ether oxygens (including phenoxy) is 2. The number of hydrogen-bond donors (Lipinski definition) is 0. The number of rotatable bonds is 6. The minimum atomic E-state index is -1.04. The first kappa shape index (κ1) is 14.6. The third-order valence-corrected chi connectivity index (χ3v) is 3.23. The van der Waals surface area contributed by atoms with Crippen LogP contribution in [0.3, 0.4) is 0 Å². The van der Waals surface area contributed by atoms with Gasteiger partial charge in [0.05, 0.1) is 13.2 Å². The number of esters is 2. The smallest absolute Gasteiger partial charge is 0.331 e. The fourth-order valence-corrected chi connectivity index (χ4v) is 2.09. The molecule has 0 aliphatic carbocycles. The predicted octanol–water partition coefficient (Wildman–Crippen LogP) is 1.01. The van der Waals surface area contributed by atoms with E-state index in [-0.39, 0.29) is 13.2 Å². The molecule has 0 saturated carbocycles. The van der Waals surface area contributed by atoms with Crippen LogP contribution in [0.5, 0.6) is 0 Å². The Bertz CT molecular complexity index is 401. The summed E-state index contributed by atoms with van der Waals surface area (Å²) in [5.41, 5.74) is 0. The Kier molecular flexibility index (Phi) is 5.70. The molecule has 0 atom stereocenters. The zero-order valence-electron chi connectivity index (χ0n) is 10.6. The second-order valence-corrected chi connectivity index (χ2v) is 4.39. The van der Waals surface area contributed by atoms with Crippen molar-refractivity contribution in [1.82, 2.24) is 9.55 Å². The lowest BCUT2D eigenvalue weighted by molar-refractivity contribution is -0.152. The van der Waals surface area contributed by atoms with E-state index in [2.05, 4.69) is 4.98 Å². The molecule has 0 saturated heterocycles. The first-order chi connectivity index (χ1) is 8.60. The summed E-state index contributed by atoms with van der Waals surface area (Å²) in [6.07, 6.45) is 3.32. The van der Waals surface area contributed by atoms with Gasteiger partial charge in [0, 0.05) is 19.4 Å². The van der Waals surface area contributed by atoms with Crippen molar-refractivity contribution in [3.63, 3.8) is 0 Å². The van der Waals surface area contributed by atoms with Crippen LogP contribution in [-0.4, -0.2) is 40.0 Å². The number of aryl methyl sites for hydroxylation is 1. The normalized spacial score (nSPS) is 10.4. The molecule has 0 aromatic carbocycles. The third kappa shape index (κ3) is 3.76. The van der Waals surface area contributed by atoms with Crippen LogP contribution in [0.15, 0.2) is 17.6 Å². The summed E-state index contributed by atoms with van der Waals surface area (Å²) < 4.78 is 11.4. The maximum atomic E-state index is 11.7. The third-order valence-electron chi connectivity index (χ3n) is 2.00. The van der Waals surface area contributed by atoms with Gasteiger partial charge in [-0.05, 0) is 13.8 Å². The number of thioether (sulfide) groups is 1. The number of carbonyl (C=O) groups is 2. The molecule has 0 bridgehead atoms. The molecule has 6 nitrogen and oxygen atoms in total. The van der Waals surface area contributed by atoms with E-state index in [0.717, 1.165) is 11.8 Å². The summed E-state index contributed by atoms with van der Waals surface area (Å²) in [6, 6.07) is 0. The van der Waals surface area contributed by atoms with Gasteiger partial charge in [0.1, 0.15) is 0 Å². The number of hydrogen-bond acceptors (Lipinski definition) is 6. The molecule has 1 heterocycles. The van der Waals surface area contributed by atoms with E-state index in [9.17, 15) is 9.59 Å². The van der Waals surface area contributed by atoms with Crippen LogP contribution < -0.4 is 0 Å². The Morgan fingerprint density at radius 1 is 1.33 bits per heavy atom. The molecule has 1 rings (SSSR count). The van der Waals surface area contributed by atoms with E-state index in [1.54, 1.807) is 37.9 Å². The van der Waals surface area contributed by atoms with Crippen LogP contribution in [0.25, 0.3) is 0 Å². The van der Waals surface area contributed by atoms with Crippen molar-refractivity contribution < 1.29 is 19.1 Å². The predicted molar refractivity (Wildman–Crippen MR) is 66.1 cm³/mol. The molecule has 18 heavy (non-hydrogen) atoms. The first-order valence-corrected chi connectivity index (χ1v) is 6.45. The van der Waals surface area contributed by atoms with E-state index >= 15 is 0 Å². The first-order valence-electron chi connectivity index (χ1n) is 5.57. The van der Waals surface area contributed by atoms with Crippen molar-refractivity contribution in [3.8, 4) is 0 Å². The Morgan fingerprint density at radius 3 is 2.28 bits per heavy atom. The van der Waals surface area contributed by atoms with Gasteiger partial charge >= 0.3 is 11.9 Å². The van der Waals surface area contributed by atoms with Crippen LogP contribution in [-0.2, 0) is 26.1 Å². The van der Waals surface area contributed by atoms with Gasteiger partial charge in [0.2, 0.25) is 5.25 Å². The highest BCUT2D eigenvalue weighted by molar-refractivity contribution is 8.01. The summed E-state index contributed by atoms with van der Waals surface area (Å²) in [5, 5.41) is -0.480. The average molecular weight is 272 g/mol. The van der Waals surface area contributed by atoms with E-state index in [1.165, 1.54) is 0 Å². The van der Waals surface area contributed by atoms with Gasteiger partial charge in [-0.3, -0.25) is 9.59 Å². The number of carbonyl (C=O) groups excluding carboxylic acids is 2. The van der Waals surface area contributed by atoms with Gasteiger partial charge in [0.15, 0.2) is 5.16 Å². The zero-order chi connectivity index (χ0) is 13.5. The Hall–Kier alpha value is -1.50. The molecule has 0 radical (unpaired) electrons. The summed E-state index contributed by atoms with van der Waals surface area (Å²) in [5.74, 6) is -1.21.